The number of aromatic nitrogens is 1. The molecule has 2 aromatic carbocycles. The normalized spacial score (nSPS) is 14.9. The Bertz CT molecular complexity index is 1700. The molecule has 0 saturated heterocycles. The number of allylic oxidation sites excluding steroid dienone is 1. The molecule has 4 rings (SSSR count). The van der Waals surface area contributed by atoms with Crippen LogP contribution in [0.4, 0.5) is 0 Å². The standard InChI is InChI=1S/C31H33IN2O7S/c1-6-8-22-26(30(38)40-7-2)27(20-11-9-19(10-12-20)17(3)4)34-29(37)24(42-31(34)33-22)15-18-13-21(32)28(23(14-18)39-5)41-16-25(35)36/h9-15,17,27H,6-8,16H2,1-5H3,(H,35,36)/b24-15-/t27-/m1/s1. The van der Waals surface area contributed by atoms with Gasteiger partial charge in [0.1, 0.15) is 0 Å². The topological polar surface area (TPSA) is 116 Å². The number of methoxy groups -OCH3 is 1. The Hall–Kier alpha value is -3.45. The number of carboxylic acids is 1. The number of hydrogen-bond donors (Lipinski definition) is 1. The highest BCUT2D eigenvalue weighted by molar-refractivity contribution is 14.1. The zero-order chi connectivity index (χ0) is 30.6. The highest BCUT2D eigenvalue weighted by Gasteiger charge is 2.34. The number of ether oxygens (including phenoxy) is 3. The number of carboxylic acid groups (broad SMARTS) is 1. The van der Waals surface area contributed by atoms with E-state index in [-0.39, 0.29) is 12.2 Å². The van der Waals surface area contributed by atoms with Gasteiger partial charge in [0.2, 0.25) is 0 Å². The molecule has 0 fully saturated rings. The fraction of sp³-hybridized carbons (Fsp3) is 0.355. The van der Waals surface area contributed by atoms with Crippen LogP contribution in [0, 0.1) is 3.57 Å². The van der Waals surface area contributed by atoms with Crippen molar-refractivity contribution in [3.63, 3.8) is 0 Å². The third kappa shape index (κ3) is 6.62. The number of aliphatic carboxylic acids is 1. The van der Waals surface area contributed by atoms with E-state index in [1.165, 1.54) is 18.4 Å². The smallest absolute Gasteiger partial charge is 0.341 e. The van der Waals surface area contributed by atoms with Crippen molar-refractivity contribution >= 4 is 51.9 Å². The van der Waals surface area contributed by atoms with E-state index in [4.69, 9.17) is 24.3 Å². The summed E-state index contributed by atoms with van der Waals surface area (Å²) < 4.78 is 19.0. The van der Waals surface area contributed by atoms with Crippen LogP contribution in [0.2, 0.25) is 0 Å². The Kier molecular flexibility index (Phi) is 10.3. The summed E-state index contributed by atoms with van der Waals surface area (Å²) in [5, 5.41) is 9.01. The van der Waals surface area contributed by atoms with Crippen LogP contribution < -0.4 is 24.4 Å². The first-order chi connectivity index (χ1) is 20.1. The van der Waals surface area contributed by atoms with Crippen molar-refractivity contribution in [3.8, 4) is 11.5 Å². The third-order valence-electron chi connectivity index (χ3n) is 6.70. The predicted molar refractivity (Wildman–Crippen MR) is 169 cm³/mol. The van der Waals surface area contributed by atoms with Crippen LogP contribution in [-0.4, -0.2) is 41.9 Å². The van der Waals surface area contributed by atoms with Crippen molar-refractivity contribution in [1.29, 1.82) is 0 Å². The molecule has 0 radical (unpaired) electrons. The first kappa shape index (κ1) is 31.5. The minimum Gasteiger partial charge on any atom is -0.493 e. The molecule has 0 unspecified atom stereocenters. The Morgan fingerprint density at radius 1 is 1.19 bits per heavy atom. The maximum atomic E-state index is 14.0. The molecule has 0 spiro atoms. The lowest BCUT2D eigenvalue weighted by Crippen LogP contribution is -2.40. The molecule has 0 bridgehead atoms. The number of esters is 1. The zero-order valence-electron chi connectivity index (χ0n) is 24.1. The van der Waals surface area contributed by atoms with E-state index in [1.807, 2.05) is 53.8 Å². The molecule has 9 nitrogen and oxygen atoms in total. The van der Waals surface area contributed by atoms with Gasteiger partial charge in [0.15, 0.2) is 22.9 Å². The molecule has 1 N–H and O–H groups in total. The fourth-order valence-electron chi connectivity index (χ4n) is 4.75. The van der Waals surface area contributed by atoms with Crippen molar-refractivity contribution in [2.45, 2.75) is 52.5 Å². The van der Waals surface area contributed by atoms with Gasteiger partial charge in [-0.2, -0.15) is 0 Å². The van der Waals surface area contributed by atoms with Crippen molar-refractivity contribution in [2.24, 2.45) is 4.99 Å². The highest BCUT2D eigenvalue weighted by Crippen LogP contribution is 2.35. The molecule has 0 aliphatic carbocycles. The van der Waals surface area contributed by atoms with Crippen molar-refractivity contribution in [1.82, 2.24) is 4.57 Å². The molecule has 1 aliphatic rings. The summed E-state index contributed by atoms with van der Waals surface area (Å²) in [7, 11) is 1.47. The average molecular weight is 705 g/mol. The molecule has 11 heteroatoms. The first-order valence-electron chi connectivity index (χ1n) is 13.6. The molecule has 0 amide bonds. The fourth-order valence-corrected chi connectivity index (χ4v) is 6.55. The lowest BCUT2D eigenvalue weighted by Gasteiger charge is -2.26. The Labute approximate surface area is 261 Å². The second kappa shape index (κ2) is 13.7. The second-order valence-electron chi connectivity index (χ2n) is 9.95. The van der Waals surface area contributed by atoms with E-state index < -0.39 is 24.6 Å². The predicted octanol–water partition coefficient (Wildman–Crippen LogP) is 4.78. The Morgan fingerprint density at radius 2 is 1.90 bits per heavy atom. The van der Waals surface area contributed by atoms with Gasteiger partial charge in [-0.3, -0.25) is 9.36 Å². The zero-order valence-corrected chi connectivity index (χ0v) is 27.1. The van der Waals surface area contributed by atoms with Gasteiger partial charge in [0.05, 0.1) is 39.1 Å². The molecule has 222 valence electrons. The van der Waals surface area contributed by atoms with Crippen molar-refractivity contribution in [3.05, 3.63) is 87.6 Å². The van der Waals surface area contributed by atoms with Gasteiger partial charge in [0, 0.05) is 0 Å². The van der Waals surface area contributed by atoms with Crippen LogP contribution in [0.1, 0.15) is 69.2 Å². The molecule has 42 heavy (non-hydrogen) atoms. The Balaban J connectivity index is 1.92. The van der Waals surface area contributed by atoms with Crippen LogP contribution in [0.25, 0.3) is 6.08 Å². The van der Waals surface area contributed by atoms with Gasteiger partial charge in [-0.1, -0.05) is 62.8 Å². The van der Waals surface area contributed by atoms with Crippen molar-refractivity contribution < 1.29 is 28.9 Å². The summed E-state index contributed by atoms with van der Waals surface area (Å²) in [6, 6.07) is 10.8. The number of nitrogens with zero attached hydrogens (tertiary/aromatic N) is 2. The quantitative estimate of drug-likeness (QED) is 0.226. The summed E-state index contributed by atoms with van der Waals surface area (Å²) >= 11 is 3.29. The molecule has 2 heterocycles. The van der Waals surface area contributed by atoms with Crippen LogP contribution >= 0.6 is 33.9 Å². The Morgan fingerprint density at radius 3 is 2.50 bits per heavy atom. The van der Waals surface area contributed by atoms with Gasteiger partial charge in [0.25, 0.3) is 5.56 Å². The number of halogens is 1. The molecule has 1 atom stereocenters. The SMILES string of the molecule is CCCC1=C(C(=O)OCC)[C@@H](c2ccc(C(C)C)cc2)n2c(s/c(=C\c3cc(I)c(OCC(=O)O)c(OC)c3)c2=O)=N1. The summed E-state index contributed by atoms with van der Waals surface area (Å²) in [5.74, 6) is -0.589. The van der Waals surface area contributed by atoms with E-state index in [0.717, 1.165) is 17.5 Å². The molecule has 1 aliphatic heterocycles. The van der Waals surface area contributed by atoms with Gasteiger partial charge < -0.3 is 19.3 Å². The highest BCUT2D eigenvalue weighted by atomic mass is 127. The number of carbonyl (C=O) groups is 2. The summed E-state index contributed by atoms with van der Waals surface area (Å²) in [5.41, 5.74) is 3.34. The summed E-state index contributed by atoms with van der Waals surface area (Å²) in [4.78, 5) is 43.7. The lowest BCUT2D eigenvalue weighted by atomic mass is 9.92. The molecular weight excluding hydrogens is 671 g/mol. The molecule has 0 saturated carbocycles. The summed E-state index contributed by atoms with van der Waals surface area (Å²) in [6.07, 6.45) is 3.07. The van der Waals surface area contributed by atoms with Gasteiger partial charge in [-0.05, 0) is 76.8 Å². The third-order valence-corrected chi connectivity index (χ3v) is 8.48. The van der Waals surface area contributed by atoms with Crippen LogP contribution in [-0.2, 0) is 14.3 Å². The van der Waals surface area contributed by atoms with Gasteiger partial charge in [-0.15, -0.1) is 0 Å². The van der Waals surface area contributed by atoms with Gasteiger partial charge >= 0.3 is 11.9 Å². The van der Waals surface area contributed by atoms with Gasteiger partial charge in [-0.25, -0.2) is 14.6 Å². The number of carbonyl (C=O) groups excluding carboxylic acids is 1. The maximum Gasteiger partial charge on any atom is 0.341 e. The molecule has 1 aromatic heterocycles. The largest absolute Gasteiger partial charge is 0.493 e. The van der Waals surface area contributed by atoms with Crippen LogP contribution in [0.3, 0.4) is 0 Å². The first-order valence-corrected chi connectivity index (χ1v) is 15.5. The minimum atomic E-state index is -1.10. The number of thiazole rings is 1. The van der Waals surface area contributed by atoms with E-state index in [1.54, 1.807) is 29.7 Å². The average Bonchev–Trinajstić information content (AvgIpc) is 3.25. The summed E-state index contributed by atoms with van der Waals surface area (Å²) in [6.45, 7) is 7.70. The van der Waals surface area contributed by atoms with Crippen molar-refractivity contribution in [2.75, 3.05) is 20.3 Å². The monoisotopic (exact) mass is 704 g/mol. The van der Waals surface area contributed by atoms with E-state index >= 15 is 0 Å². The lowest BCUT2D eigenvalue weighted by molar-refractivity contribution is -0.140. The number of fused-ring (bicyclic) bond motifs is 1. The second-order valence-corrected chi connectivity index (χ2v) is 12.1. The maximum absolute atomic E-state index is 14.0. The van der Waals surface area contributed by atoms with Crippen LogP contribution in [0.5, 0.6) is 11.5 Å². The number of rotatable bonds is 11. The van der Waals surface area contributed by atoms with E-state index in [9.17, 15) is 14.4 Å². The molecular formula is C31H33IN2O7S. The van der Waals surface area contributed by atoms with E-state index in [2.05, 4.69) is 13.8 Å². The number of benzene rings is 2. The van der Waals surface area contributed by atoms with E-state index in [0.29, 0.717) is 53.6 Å². The number of hydrogen-bond acceptors (Lipinski definition) is 8. The molecule has 3 aromatic rings. The minimum absolute atomic E-state index is 0.206. The van der Waals surface area contributed by atoms with Crippen LogP contribution in [0.15, 0.2) is 57.5 Å².